The Morgan fingerprint density at radius 2 is 1.69 bits per heavy atom. The number of alkyl halides is 3. The minimum atomic E-state index is -5.08. The molecule has 1 aliphatic rings. The molecular weight excluding hydrogens is 503 g/mol. The van der Waals surface area contributed by atoms with Gasteiger partial charge in [-0.05, 0) is 55.2 Å². The second kappa shape index (κ2) is 10.9. The van der Waals surface area contributed by atoms with Gasteiger partial charge in [-0.3, -0.25) is 4.72 Å². The lowest BCUT2D eigenvalue weighted by Gasteiger charge is -2.34. The van der Waals surface area contributed by atoms with Crippen LogP contribution < -0.4 is 9.62 Å². The number of halogens is 5. The predicted molar refractivity (Wildman–Crippen MR) is 115 cm³/mol. The SMILES string of the molecule is CC1CCCN(c2ccc(C(=O)O)cc2NS(=O)(=O)c2ccc(F)c(F)c2)C1.O=C(O)C(F)(F)F. The number of rotatable bonds is 5. The Morgan fingerprint density at radius 1 is 1.06 bits per heavy atom. The van der Waals surface area contributed by atoms with Crippen molar-refractivity contribution in [1.29, 1.82) is 0 Å². The zero-order valence-corrected chi connectivity index (χ0v) is 19.0. The summed E-state index contributed by atoms with van der Waals surface area (Å²) in [5.74, 6) is -6.00. The summed E-state index contributed by atoms with van der Waals surface area (Å²) < 4.78 is 86.0. The number of anilines is 2. The highest BCUT2D eigenvalue weighted by Gasteiger charge is 2.38. The Balaban J connectivity index is 0.000000540. The average molecular weight is 524 g/mol. The number of carboxylic acid groups (broad SMARTS) is 2. The Morgan fingerprint density at radius 3 is 2.20 bits per heavy atom. The van der Waals surface area contributed by atoms with Crippen LogP contribution in [-0.4, -0.2) is 49.8 Å². The minimum absolute atomic E-state index is 0.0822. The number of carbonyl (C=O) groups is 2. The third-order valence-corrected chi connectivity index (χ3v) is 6.29. The molecule has 0 spiro atoms. The van der Waals surface area contributed by atoms with E-state index in [1.54, 1.807) is 6.07 Å². The Hall–Kier alpha value is -3.42. The van der Waals surface area contributed by atoms with Gasteiger partial charge in [0.1, 0.15) is 0 Å². The van der Waals surface area contributed by atoms with Gasteiger partial charge in [-0.1, -0.05) is 6.92 Å². The first kappa shape index (κ1) is 27.8. The summed E-state index contributed by atoms with van der Waals surface area (Å²) in [6.07, 6.45) is -3.10. The van der Waals surface area contributed by atoms with Crippen molar-refractivity contribution in [3.63, 3.8) is 0 Å². The minimum Gasteiger partial charge on any atom is -0.478 e. The number of aromatic carboxylic acids is 1. The Bertz CT molecular complexity index is 1200. The zero-order valence-electron chi connectivity index (χ0n) is 18.1. The fourth-order valence-corrected chi connectivity index (χ4v) is 4.36. The molecule has 0 saturated carbocycles. The molecule has 2 aromatic carbocycles. The van der Waals surface area contributed by atoms with Gasteiger partial charge in [0.2, 0.25) is 0 Å². The number of nitrogens with zero attached hydrogens (tertiary/aromatic N) is 1. The lowest BCUT2D eigenvalue weighted by molar-refractivity contribution is -0.192. The number of piperidine rings is 1. The normalized spacial score (nSPS) is 16.2. The number of aliphatic carboxylic acids is 1. The first-order chi connectivity index (χ1) is 16.1. The van der Waals surface area contributed by atoms with Crippen LogP contribution in [0.2, 0.25) is 0 Å². The molecule has 1 saturated heterocycles. The molecule has 2 aromatic rings. The van der Waals surface area contributed by atoms with Crippen LogP contribution in [0.15, 0.2) is 41.3 Å². The maximum atomic E-state index is 13.5. The molecular formula is C21H21F5N2O6S. The monoisotopic (exact) mass is 524 g/mol. The van der Waals surface area contributed by atoms with Crippen LogP contribution in [0.3, 0.4) is 0 Å². The zero-order chi connectivity index (χ0) is 26.6. The van der Waals surface area contributed by atoms with Gasteiger partial charge in [-0.25, -0.2) is 26.8 Å². The first-order valence-electron chi connectivity index (χ1n) is 10.0. The van der Waals surface area contributed by atoms with Crippen LogP contribution in [-0.2, 0) is 14.8 Å². The topological polar surface area (TPSA) is 124 Å². The smallest absolute Gasteiger partial charge is 0.478 e. The van der Waals surface area contributed by atoms with Gasteiger partial charge >= 0.3 is 18.1 Å². The van der Waals surface area contributed by atoms with E-state index in [2.05, 4.69) is 11.6 Å². The summed E-state index contributed by atoms with van der Waals surface area (Å²) >= 11 is 0. The fraction of sp³-hybridized carbons (Fsp3) is 0.333. The summed E-state index contributed by atoms with van der Waals surface area (Å²) in [6.45, 7) is 3.49. The van der Waals surface area contributed by atoms with E-state index in [0.717, 1.165) is 25.0 Å². The maximum Gasteiger partial charge on any atom is 0.490 e. The van der Waals surface area contributed by atoms with Gasteiger partial charge in [-0.2, -0.15) is 13.2 Å². The Labute approximate surface area is 197 Å². The van der Waals surface area contributed by atoms with Crippen molar-refractivity contribution >= 4 is 33.3 Å². The van der Waals surface area contributed by atoms with E-state index in [9.17, 15) is 40.3 Å². The molecule has 1 atom stereocenters. The molecule has 192 valence electrons. The summed E-state index contributed by atoms with van der Waals surface area (Å²) in [6, 6.07) is 6.46. The van der Waals surface area contributed by atoms with E-state index in [0.29, 0.717) is 30.8 Å². The number of hydrogen-bond donors (Lipinski definition) is 3. The third-order valence-electron chi connectivity index (χ3n) is 4.93. The summed E-state index contributed by atoms with van der Waals surface area (Å²) in [5.41, 5.74) is 0.540. The van der Waals surface area contributed by atoms with E-state index >= 15 is 0 Å². The molecule has 1 unspecified atom stereocenters. The maximum absolute atomic E-state index is 13.5. The largest absolute Gasteiger partial charge is 0.490 e. The molecule has 0 aromatic heterocycles. The summed E-state index contributed by atoms with van der Waals surface area (Å²) in [5, 5.41) is 16.4. The van der Waals surface area contributed by atoms with Crippen molar-refractivity contribution in [2.45, 2.75) is 30.8 Å². The lowest BCUT2D eigenvalue weighted by Crippen LogP contribution is -2.35. The second-order valence-electron chi connectivity index (χ2n) is 7.71. The van der Waals surface area contributed by atoms with E-state index < -0.39 is 44.7 Å². The van der Waals surface area contributed by atoms with Crippen molar-refractivity contribution in [3.05, 3.63) is 53.6 Å². The Kier molecular flexibility index (Phi) is 8.65. The number of nitrogens with one attached hydrogen (secondary N) is 1. The number of benzene rings is 2. The second-order valence-corrected chi connectivity index (χ2v) is 9.40. The molecule has 0 amide bonds. The van der Waals surface area contributed by atoms with Crippen LogP contribution >= 0.6 is 0 Å². The molecule has 1 heterocycles. The van der Waals surface area contributed by atoms with Gasteiger partial charge in [-0.15, -0.1) is 0 Å². The van der Waals surface area contributed by atoms with E-state index in [-0.39, 0.29) is 11.3 Å². The van der Waals surface area contributed by atoms with Crippen molar-refractivity contribution in [2.75, 3.05) is 22.7 Å². The molecule has 0 aliphatic carbocycles. The molecule has 3 N–H and O–H groups in total. The molecule has 0 bridgehead atoms. The molecule has 14 heteroatoms. The fourth-order valence-electron chi connectivity index (χ4n) is 3.28. The van der Waals surface area contributed by atoms with Gasteiger partial charge in [0.05, 0.1) is 21.8 Å². The van der Waals surface area contributed by atoms with Crippen molar-refractivity contribution in [3.8, 4) is 0 Å². The van der Waals surface area contributed by atoms with Crippen LogP contribution in [0.1, 0.15) is 30.1 Å². The molecule has 1 aliphatic heterocycles. The quantitative estimate of drug-likeness (QED) is 0.498. The number of sulfonamides is 1. The van der Waals surface area contributed by atoms with Crippen LogP contribution in [0, 0.1) is 17.6 Å². The first-order valence-corrected chi connectivity index (χ1v) is 11.5. The van der Waals surface area contributed by atoms with Gasteiger partial charge < -0.3 is 15.1 Å². The third kappa shape index (κ3) is 7.53. The molecule has 8 nitrogen and oxygen atoms in total. The van der Waals surface area contributed by atoms with Crippen molar-refractivity contribution in [2.24, 2.45) is 5.92 Å². The van der Waals surface area contributed by atoms with Crippen LogP contribution in [0.25, 0.3) is 0 Å². The average Bonchev–Trinajstić information content (AvgIpc) is 2.75. The van der Waals surface area contributed by atoms with Crippen molar-refractivity contribution in [1.82, 2.24) is 0 Å². The lowest BCUT2D eigenvalue weighted by atomic mass is 9.99. The highest BCUT2D eigenvalue weighted by atomic mass is 32.2. The summed E-state index contributed by atoms with van der Waals surface area (Å²) in [4.78, 5) is 21.8. The highest BCUT2D eigenvalue weighted by Crippen LogP contribution is 2.32. The standard InChI is InChI=1S/C19H20F2N2O4S.C2HF3O2/c1-12-3-2-8-23(11-12)18-7-4-13(19(24)25)9-17(18)22-28(26,27)14-5-6-15(20)16(21)10-14;3-2(4,5)1(6)7/h4-7,9-10,12,22H,2-3,8,11H2,1H3,(H,24,25);(H,6,7). The van der Waals surface area contributed by atoms with Crippen LogP contribution in [0.5, 0.6) is 0 Å². The van der Waals surface area contributed by atoms with Crippen molar-refractivity contribution < 1.29 is 50.2 Å². The molecule has 35 heavy (non-hydrogen) atoms. The van der Waals surface area contributed by atoms with Gasteiger partial charge in [0, 0.05) is 13.1 Å². The molecule has 1 fully saturated rings. The van der Waals surface area contributed by atoms with E-state index in [1.807, 2.05) is 4.90 Å². The van der Waals surface area contributed by atoms with Gasteiger partial charge in [0.25, 0.3) is 10.0 Å². The highest BCUT2D eigenvalue weighted by molar-refractivity contribution is 7.92. The van der Waals surface area contributed by atoms with Gasteiger partial charge in [0.15, 0.2) is 11.6 Å². The van der Waals surface area contributed by atoms with E-state index in [1.165, 1.54) is 12.1 Å². The molecule has 0 radical (unpaired) electrons. The number of hydrogen-bond acceptors (Lipinski definition) is 5. The molecule has 3 rings (SSSR count). The van der Waals surface area contributed by atoms with E-state index in [4.69, 9.17) is 9.90 Å². The summed E-state index contributed by atoms with van der Waals surface area (Å²) in [7, 11) is -4.25. The number of carboxylic acids is 2. The predicted octanol–water partition coefficient (Wildman–Crippen LogP) is 4.33. The van der Waals surface area contributed by atoms with Crippen LogP contribution in [0.4, 0.5) is 33.3 Å².